The maximum atomic E-state index is 11.1. The molecule has 8 heavy (non-hydrogen) atoms. The first-order chi connectivity index (χ1) is 3.77. The molecule has 0 radical (unpaired) electrons. The van der Waals surface area contributed by atoms with E-state index in [1.54, 1.807) is 6.92 Å². The molecule has 0 N–H and O–H groups in total. The summed E-state index contributed by atoms with van der Waals surface area (Å²) in [6, 6.07) is 0. The third-order valence-corrected chi connectivity index (χ3v) is 0.435. The number of carbonyl (C=O) groups excluding carboxylic acids is 1. The smallest absolute Gasteiger partial charge is 0.427 e. The van der Waals surface area contributed by atoms with Gasteiger partial charge >= 0.3 is 6.22 Å². The highest BCUT2D eigenvalue weighted by molar-refractivity contribution is 5.58. The van der Waals surface area contributed by atoms with Crippen LogP contribution in [0.4, 0.5) is 9.18 Å². The second-order valence-corrected chi connectivity index (χ2v) is 0.953. The maximum absolute atomic E-state index is 11.1. The lowest BCUT2D eigenvalue weighted by atomic mass is 10.6. The molecule has 0 aliphatic rings. The van der Waals surface area contributed by atoms with Crippen LogP contribution in [0.5, 0.6) is 0 Å². The minimum absolute atomic E-state index is 0.161. The summed E-state index contributed by atoms with van der Waals surface area (Å²) in [7, 11) is 0. The fourth-order valence-corrected chi connectivity index (χ4v) is 0.165. The summed E-state index contributed by atoms with van der Waals surface area (Å²) in [5.74, 6) is 4.78. The van der Waals surface area contributed by atoms with Gasteiger partial charge in [-0.2, -0.15) is 0 Å². The van der Waals surface area contributed by atoms with Crippen molar-refractivity contribution in [2.24, 2.45) is 0 Å². The van der Waals surface area contributed by atoms with Gasteiger partial charge in [-0.25, -0.2) is 4.79 Å². The van der Waals surface area contributed by atoms with Crippen LogP contribution in [0.2, 0.25) is 0 Å². The van der Waals surface area contributed by atoms with Gasteiger partial charge in [-0.05, 0) is 6.92 Å². The van der Waals surface area contributed by atoms with E-state index in [4.69, 9.17) is 0 Å². The van der Waals surface area contributed by atoms with Crippen molar-refractivity contribution in [2.45, 2.75) is 6.92 Å². The Bertz CT molecular complexity index is 131. The molecule has 0 bridgehead atoms. The van der Waals surface area contributed by atoms with E-state index in [0.717, 1.165) is 0 Å². The van der Waals surface area contributed by atoms with E-state index < -0.39 is 6.22 Å². The molecular weight excluding hydrogens is 111 g/mol. The number of halogens is 1. The normalized spacial score (nSPS) is 6.75. The molecule has 3 heteroatoms. The topological polar surface area (TPSA) is 26.3 Å². The molecule has 2 nitrogen and oxygen atoms in total. The molecule has 0 atom stereocenters. The molecule has 0 amide bonds. The Balaban J connectivity index is 3.14. The van der Waals surface area contributed by atoms with E-state index in [1.807, 2.05) is 0 Å². The van der Waals surface area contributed by atoms with Crippen LogP contribution in [0.15, 0.2) is 0 Å². The van der Waals surface area contributed by atoms with Gasteiger partial charge in [0.2, 0.25) is 0 Å². The molecular formula is C5H5FO2. The quantitative estimate of drug-likeness (QED) is 0.379. The zero-order valence-electron chi connectivity index (χ0n) is 4.40. The van der Waals surface area contributed by atoms with Crippen molar-refractivity contribution in [3.63, 3.8) is 0 Å². The van der Waals surface area contributed by atoms with Crippen molar-refractivity contribution in [1.29, 1.82) is 0 Å². The SMILES string of the molecule is CC#CCOC(=O)F. The lowest BCUT2D eigenvalue weighted by Gasteiger charge is -1.85. The Morgan fingerprint density at radius 3 is 2.88 bits per heavy atom. The average molecular weight is 116 g/mol. The highest BCUT2D eigenvalue weighted by Gasteiger charge is 1.91. The van der Waals surface area contributed by atoms with Crippen LogP contribution in [0.1, 0.15) is 6.92 Å². The molecule has 44 valence electrons. The molecule has 0 heterocycles. The van der Waals surface area contributed by atoms with E-state index in [9.17, 15) is 9.18 Å². The summed E-state index contributed by atoms with van der Waals surface area (Å²) >= 11 is 0. The first kappa shape index (κ1) is 6.96. The van der Waals surface area contributed by atoms with Crippen molar-refractivity contribution in [2.75, 3.05) is 6.61 Å². The number of carbonyl (C=O) groups is 1. The predicted molar refractivity (Wildman–Crippen MR) is 25.9 cm³/mol. The first-order valence-corrected chi connectivity index (χ1v) is 1.99. The molecule has 0 aliphatic carbocycles. The van der Waals surface area contributed by atoms with Crippen LogP contribution in [0, 0.1) is 11.8 Å². The Labute approximate surface area is 46.6 Å². The minimum atomic E-state index is -1.78. The van der Waals surface area contributed by atoms with Gasteiger partial charge in [0, 0.05) is 0 Å². The second-order valence-electron chi connectivity index (χ2n) is 0.953. The third kappa shape index (κ3) is 4.96. The van der Waals surface area contributed by atoms with Crippen molar-refractivity contribution in [3.05, 3.63) is 0 Å². The van der Waals surface area contributed by atoms with Crippen LogP contribution in [0.25, 0.3) is 0 Å². The van der Waals surface area contributed by atoms with E-state index in [0.29, 0.717) is 0 Å². The van der Waals surface area contributed by atoms with Crippen molar-refractivity contribution in [3.8, 4) is 11.8 Å². The number of rotatable bonds is 1. The Morgan fingerprint density at radius 1 is 1.88 bits per heavy atom. The van der Waals surface area contributed by atoms with Crippen LogP contribution in [-0.4, -0.2) is 12.8 Å². The molecule has 0 aromatic carbocycles. The monoisotopic (exact) mass is 116 g/mol. The Morgan fingerprint density at radius 2 is 2.50 bits per heavy atom. The van der Waals surface area contributed by atoms with Gasteiger partial charge in [-0.3, -0.25) is 0 Å². The first-order valence-electron chi connectivity index (χ1n) is 1.99. The van der Waals surface area contributed by atoms with Gasteiger partial charge in [0.25, 0.3) is 0 Å². The molecule has 0 aromatic heterocycles. The summed E-state index contributed by atoms with van der Waals surface area (Å²) < 4.78 is 14.9. The number of ether oxygens (including phenoxy) is 1. The standard InChI is InChI=1S/C5H5FO2/c1-2-3-4-8-5(6)7/h4H2,1H3. The third-order valence-electron chi connectivity index (χ3n) is 0.435. The summed E-state index contributed by atoms with van der Waals surface area (Å²) in [5.41, 5.74) is 0. The van der Waals surface area contributed by atoms with E-state index >= 15 is 0 Å². The average Bonchev–Trinajstić information content (AvgIpc) is 1.66. The van der Waals surface area contributed by atoms with Gasteiger partial charge in [-0.15, -0.1) is 10.3 Å². The van der Waals surface area contributed by atoms with Gasteiger partial charge < -0.3 is 4.74 Å². The number of hydrogen-bond acceptors (Lipinski definition) is 2. The zero-order chi connectivity index (χ0) is 6.41. The fraction of sp³-hybridized carbons (Fsp3) is 0.400. The maximum Gasteiger partial charge on any atom is 0.496 e. The van der Waals surface area contributed by atoms with Gasteiger partial charge in [0.05, 0.1) is 0 Å². The van der Waals surface area contributed by atoms with Gasteiger partial charge in [0.1, 0.15) is 0 Å². The van der Waals surface area contributed by atoms with Gasteiger partial charge in [0.15, 0.2) is 6.61 Å². The molecule has 0 fully saturated rings. The largest absolute Gasteiger partial charge is 0.496 e. The van der Waals surface area contributed by atoms with Crippen molar-refractivity contribution >= 4 is 6.22 Å². The second kappa shape index (κ2) is 4.13. The van der Waals surface area contributed by atoms with E-state index in [-0.39, 0.29) is 6.61 Å². The van der Waals surface area contributed by atoms with E-state index in [2.05, 4.69) is 16.6 Å². The van der Waals surface area contributed by atoms with Crippen LogP contribution >= 0.6 is 0 Å². The fourth-order valence-electron chi connectivity index (χ4n) is 0.165. The highest BCUT2D eigenvalue weighted by atomic mass is 19.1. The summed E-state index contributed by atoms with van der Waals surface area (Å²) in [4.78, 5) is 9.36. The molecule has 0 saturated carbocycles. The molecule has 0 saturated heterocycles. The van der Waals surface area contributed by atoms with Crippen molar-refractivity contribution in [1.82, 2.24) is 0 Å². The minimum Gasteiger partial charge on any atom is -0.427 e. The molecule has 0 aliphatic heterocycles. The van der Waals surface area contributed by atoms with Crippen LogP contribution < -0.4 is 0 Å². The molecule has 0 rings (SSSR count). The Hall–Kier alpha value is -1.04. The Kier molecular flexibility index (Phi) is 3.59. The lowest BCUT2D eigenvalue weighted by molar-refractivity contribution is 0.134. The van der Waals surface area contributed by atoms with Gasteiger partial charge in [-0.1, -0.05) is 5.92 Å². The van der Waals surface area contributed by atoms with E-state index in [1.165, 1.54) is 0 Å². The molecule has 0 aromatic rings. The molecule has 0 unspecified atom stereocenters. The van der Waals surface area contributed by atoms with Crippen molar-refractivity contribution < 1.29 is 13.9 Å². The highest BCUT2D eigenvalue weighted by Crippen LogP contribution is 1.78. The summed E-state index contributed by atoms with van der Waals surface area (Å²) in [5, 5.41) is 0. The molecule has 0 spiro atoms. The summed E-state index contributed by atoms with van der Waals surface area (Å²) in [6.07, 6.45) is -1.78. The summed E-state index contributed by atoms with van der Waals surface area (Å²) in [6.45, 7) is 1.41. The van der Waals surface area contributed by atoms with Crippen LogP contribution in [-0.2, 0) is 4.74 Å². The number of hydrogen-bond donors (Lipinski definition) is 0. The van der Waals surface area contributed by atoms with Crippen LogP contribution in [0.3, 0.4) is 0 Å². The lowest BCUT2D eigenvalue weighted by Crippen LogP contribution is -1.93. The predicted octanol–water partition coefficient (Wildman–Crippen LogP) is 1.12. The zero-order valence-corrected chi connectivity index (χ0v) is 4.40.